The summed E-state index contributed by atoms with van der Waals surface area (Å²) >= 11 is 0. The summed E-state index contributed by atoms with van der Waals surface area (Å²) in [7, 11) is -4.67. The third-order valence-corrected chi connectivity index (χ3v) is 2.27. The molecule has 8 N–H and O–H groups in total. The van der Waals surface area contributed by atoms with Gasteiger partial charge in [0.25, 0.3) is 0 Å². The molecule has 1 unspecified atom stereocenters. The number of phenolic OH excluding ortho intramolecular Hbond substituents is 1. The van der Waals surface area contributed by atoms with Gasteiger partial charge in [0.1, 0.15) is 11.8 Å². The zero-order valence-electron chi connectivity index (χ0n) is 12.8. The molecule has 0 radical (unpaired) electrons. The molecule has 1 rings (SSSR count). The minimum Gasteiger partial charge on any atom is -0.508 e. The lowest BCUT2D eigenvalue weighted by Crippen LogP contribution is -2.32. The van der Waals surface area contributed by atoms with Crippen molar-refractivity contribution in [3.63, 3.8) is 0 Å². The van der Waals surface area contributed by atoms with Gasteiger partial charge in [-0.3, -0.25) is 13.9 Å². The van der Waals surface area contributed by atoms with Crippen LogP contribution >= 0.6 is 0 Å². The molecule has 0 fully saturated rings. The SMILES string of the molecule is CCCCN.NC(Cc1ccc(O)cc1)C(=O)O.O=S(=O)(O)O. The smallest absolute Gasteiger partial charge is 0.394 e. The van der Waals surface area contributed by atoms with E-state index in [1.165, 1.54) is 25.0 Å². The number of hydrogen-bond donors (Lipinski definition) is 6. The second kappa shape index (κ2) is 12.8. The molecular weight excluding hydrogens is 328 g/mol. The Morgan fingerprint density at radius 3 is 1.91 bits per heavy atom. The van der Waals surface area contributed by atoms with Crippen LogP contribution in [0.5, 0.6) is 5.75 Å². The normalized spacial score (nSPS) is 11.3. The van der Waals surface area contributed by atoms with Crippen LogP contribution in [0.15, 0.2) is 24.3 Å². The van der Waals surface area contributed by atoms with Crippen molar-refractivity contribution in [1.29, 1.82) is 0 Å². The molecule has 0 amide bonds. The summed E-state index contributed by atoms with van der Waals surface area (Å²) in [5, 5.41) is 17.5. The third kappa shape index (κ3) is 20.3. The van der Waals surface area contributed by atoms with Gasteiger partial charge in [-0.2, -0.15) is 8.42 Å². The van der Waals surface area contributed by atoms with Crippen LogP contribution in [0.2, 0.25) is 0 Å². The van der Waals surface area contributed by atoms with Crippen molar-refractivity contribution >= 4 is 16.4 Å². The molecule has 23 heavy (non-hydrogen) atoms. The minimum absolute atomic E-state index is 0.160. The molecule has 1 aromatic rings. The van der Waals surface area contributed by atoms with Crippen molar-refractivity contribution < 1.29 is 32.5 Å². The van der Waals surface area contributed by atoms with Crippen LogP contribution in [0.1, 0.15) is 25.3 Å². The molecule has 0 spiro atoms. The molecule has 1 atom stereocenters. The standard InChI is InChI=1S/C9H11NO3.C4H11N.H2O4S/c10-8(9(12)13)5-6-1-3-7(11)4-2-6;1-2-3-4-5;1-5(2,3)4/h1-4,8,11H,5,10H2,(H,12,13);2-5H2,1H3;(H2,1,2,3,4). The Hall–Kier alpha value is -1.72. The van der Waals surface area contributed by atoms with Crippen molar-refractivity contribution in [3.8, 4) is 5.75 Å². The summed E-state index contributed by atoms with van der Waals surface area (Å²) in [6.45, 7) is 2.98. The lowest BCUT2D eigenvalue weighted by atomic mass is 10.1. The summed E-state index contributed by atoms with van der Waals surface area (Å²) in [4.78, 5) is 10.4. The molecule has 1 aromatic carbocycles. The number of nitrogens with two attached hydrogens (primary N) is 2. The molecule has 10 heteroatoms. The number of carboxylic acid groups (broad SMARTS) is 1. The monoisotopic (exact) mass is 352 g/mol. The van der Waals surface area contributed by atoms with Gasteiger partial charge in [-0.1, -0.05) is 25.5 Å². The molecule has 0 saturated carbocycles. The van der Waals surface area contributed by atoms with E-state index >= 15 is 0 Å². The Labute approximate surface area is 135 Å². The third-order valence-electron chi connectivity index (χ3n) is 2.27. The highest BCUT2D eigenvalue weighted by molar-refractivity contribution is 7.79. The molecule has 0 bridgehead atoms. The van der Waals surface area contributed by atoms with Crippen LogP contribution in [-0.2, 0) is 21.6 Å². The van der Waals surface area contributed by atoms with Gasteiger partial charge in [0, 0.05) is 0 Å². The van der Waals surface area contributed by atoms with E-state index in [1.807, 2.05) is 0 Å². The highest BCUT2D eigenvalue weighted by Crippen LogP contribution is 2.10. The number of carboxylic acids is 1. The molecular formula is C13H24N2O7S. The molecule has 0 heterocycles. The van der Waals surface area contributed by atoms with Crippen LogP contribution in [0.25, 0.3) is 0 Å². The fourth-order valence-electron chi connectivity index (χ4n) is 1.18. The van der Waals surface area contributed by atoms with Crippen molar-refractivity contribution in [2.75, 3.05) is 6.54 Å². The first-order valence-corrected chi connectivity index (χ1v) is 8.07. The highest BCUT2D eigenvalue weighted by atomic mass is 32.3. The lowest BCUT2D eigenvalue weighted by molar-refractivity contribution is -0.138. The van der Waals surface area contributed by atoms with Crippen molar-refractivity contribution in [2.45, 2.75) is 32.2 Å². The first-order valence-electron chi connectivity index (χ1n) is 6.67. The maximum absolute atomic E-state index is 10.4. The van der Waals surface area contributed by atoms with Gasteiger partial charge in [0.2, 0.25) is 0 Å². The maximum atomic E-state index is 10.4. The molecule has 0 aliphatic heterocycles. The van der Waals surface area contributed by atoms with Gasteiger partial charge in [-0.05, 0) is 37.1 Å². The van der Waals surface area contributed by atoms with Crippen molar-refractivity contribution in [2.24, 2.45) is 11.5 Å². The lowest BCUT2D eigenvalue weighted by Gasteiger charge is -2.05. The van der Waals surface area contributed by atoms with E-state index in [1.54, 1.807) is 12.1 Å². The van der Waals surface area contributed by atoms with E-state index in [0.29, 0.717) is 0 Å². The van der Waals surface area contributed by atoms with Crippen molar-refractivity contribution in [1.82, 2.24) is 0 Å². The zero-order chi connectivity index (χ0) is 18.5. The fourth-order valence-corrected chi connectivity index (χ4v) is 1.18. The summed E-state index contributed by atoms with van der Waals surface area (Å²) < 4.78 is 31.6. The Morgan fingerprint density at radius 2 is 1.65 bits per heavy atom. The zero-order valence-corrected chi connectivity index (χ0v) is 13.6. The first kappa shape index (κ1) is 23.5. The quantitative estimate of drug-likeness (QED) is 0.409. The van der Waals surface area contributed by atoms with Gasteiger partial charge in [-0.15, -0.1) is 0 Å². The molecule has 0 aliphatic carbocycles. The van der Waals surface area contributed by atoms with E-state index in [4.69, 9.17) is 39.2 Å². The number of unbranched alkanes of at least 4 members (excludes halogenated alkanes) is 1. The van der Waals surface area contributed by atoms with E-state index in [-0.39, 0.29) is 12.2 Å². The van der Waals surface area contributed by atoms with Gasteiger partial charge >= 0.3 is 16.4 Å². The first-order chi connectivity index (χ1) is 10.5. The minimum atomic E-state index is -4.67. The van der Waals surface area contributed by atoms with Crippen LogP contribution in [0.3, 0.4) is 0 Å². The van der Waals surface area contributed by atoms with Crippen LogP contribution in [0.4, 0.5) is 0 Å². The fraction of sp³-hybridized carbons (Fsp3) is 0.462. The van der Waals surface area contributed by atoms with Crippen LogP contribution in [-0.4, -0.2) is 46.3 Å². The highest BCUT2D eigenvalue weighted by Gasteiger charge is 2.11. The van der Waals surface area contributed by atoms with Gasteiger partial charge < -0.3 is 21.7 Å². The largest absolute Gasteiger partial charge is 0.508 e. The number of hydrogen-bond acceptors (Lipinski definition) is 6. The maximum Gasteiger partial charge on any atom is 0.394 e. The average Bonchev–Trinajstić information content (AvgIpc) is 2.41. The van der Waals surface area contributed by atoms with E-state index < -0.39 is 22.4 Å². The van der Waals surface area contributed by atoms with Gasteiger partial charge in [-0.25, -0.2) is 0 Å². The predicted molar refractivity (Wildman–Crippen MR) is 85.6 cm³/mol. The van der Waals surface area contributed by atoms with Gasteiger partial charge in [0.05, 0.1) is 0 Å². The molecule has 0 saturated heterocycles. The Bertz CT molecular complexity index is 522. The van der Waals surface area contributed by atoms with Crippen LogP contribution < -0.4 is 11.5 Å². The number of phenols is 1. The van der Waals surface area contributed by atoms with E-state index in [9.17, 15) is 4.79 Å². The molecule has 9 nitrogen and oxygen atoms in total. The number of rotatable bonds is 5. The van der Waals surface area contributed by atoms with Gasteiger partial charge in [0.15, 0.2) is 0 Å². The molecule has 0 aliphatic rings. The summed E-state index contributed by atoms with van der Waals surface area (Å²) in [6.07, 6.45) is 2.66. The Balaban J connectivity index is 0. The summed E-state index contributed by atoms with van der Waals surface area (Å²) in [6, 6.07) is 5.42. The second-order valence-corrected chi connectivity index (χ2v) is 5.30. The Kier molecular flexibility index (Phi) is 13.1. The number of aromatic hydroxyl groups is 1. The number of carbonyl (C=O) groups is 1. The second-order valence-electron chi connectivity index (χ2n) is 4.41. The average molecular weight is 352 g/mol. The topological polar surface area (TPSA) is 184 Å². The molecule has 134 valence electrons. The number of aliphatic carboxylic acids is 1. The van der Waals surface area contributed by atoms with Crippen LogP contribution in [0, 0.1) is 0 Å². The van der Waals surface area contributed by atoms with Crippen molar-refractivity contribution in [3.05, 3.63) is 29.8 Å². The number of benzene rings is 1. The Morgan fingerprint density at radius 1 is 1.22 bits per heavy atom. The summed E-state index contributed by atoms with van der Waals surface area (Å²) in [5.74, 6) is -0.860. The van der Waals surface area contributed by atoms with E-state index in [2.05, 4.69) is 6.92 Å². The predicted octanol–water partition coefficient (Wildman–Crippen LogP) is 0.439. The molecule has 0 aromatic heterocycles. The summed E-state index contributed by atoms with van der Waals surface area (Å²) in [5.41, 5.74) is 11.3. The van der Waals surface area contributed by atoms with E-state index in [0.717, 1.165) is 12.1 Å².